The van der Waals surface area contributed by atoms with Crippen LogP contribution in [0.25, 0.3) is 28.7 Å². The summed E-state index contributed by atoms with van der Waals surface area (Å²) < 4.78 is 0. The molecule has 3 nitrogen and oxygen atoms in total. The Kier molecular flexibility index (Phi) is 5.02. The van der Waals surface area contributed by atoms with Crippen molar-refractivity contribution < 1.29 is 5.11 Å². The fraction of sp³-hybridized carbons (Fsp3) is 0.143. The highest BCUT2D eigenvalue weighted by atomic mass is 16.3. The highest BCUT2D eigenvalue weighted by Gasteiger charge is 2.08. The number of benzene rings is 2. The number of hydrogen-bond acceptors (Lipinski definition) is 3. The first-order valence-corrected chi connectivity index (χ1v) is 8.15. The summed E-state index contributed by atoms with van der Waals surface area (Å²) in [4.78, 5) is 9.31. The zero-order valence-electron chi connectivity index (χ0n) is 13.7. The monoisotopic (exact) mass is 316 g/mol. The van der Waals surface area contributed by atoms with Gasteiger partial charge in [0.15, 0.2) is 5.82 Å². The predicted octanol–water partition coefficient (Wildman–Crippen LogP) is 5.51. The van der Waals surface area contributed by atoms with Gasteiger partial charge >= 0.3 is 0 Å². The fourth-order valence-corrected chi connectivity index (χ4v) is 2.51. The first-order chi connectivity index (χ1) is 11.8. The van der Waals surface area contributed by atoms with Gasteiger partial charge < -0.3 is 5.11 Å². The Morgan fingerprint density at radius 1 is 0.917 bits per heavy atom. The Bertz CT molecular complexity index is 769. The number of aliphatic hydroxyl groups excluding tert-OH is 1. The SMILES string of the molecule is CCC/C(O)=C/c1cc(-c2ccccc2)nc(-c2ccccc2)n1. The van der Waals surface area contributed by atoms with Crippen LogP contribution in [-0.2, 0) is 0 Å². The molecule has 0 radical (unpaired) electrons. The summed E-state index contributed by atoms with van der Waals surface area (Å²) in [6, 6.07) is 21.8. The van der Waals surface area contributed by atoms with E-state index in [1.54, 1.807) is 6.08 Å². The van der Waals surface area contributed by atoms with Crippen LogP contribution < -0.4 is 0 Å². The van der Waals surface area contributed by atoms with Crippen molar-refractivity contribution >= 4 is 6.08 Å². The molecule has 0 amide bonds. The zero-order chi connectivity index (χ0) is 16.8. The van der Waals surface area contributed by atoms with E-state index in [1.165, 1.54) is 0 Å². The first-order valence-electron chi connectivity index (χ1n) is 8.15. The standard InChI is InChI=1S/C21H20N2O/c1-2-9-19(24)14-18-15-20(16-10-5-3-6-11-16)23-21(22-18)17-12-7-4-8-13-17/h3-8,10-15,24H,2,9H2,1H3/b19-14-. The van der Waals surface area contributed by atoms with Crippen LogP contribution in [0, 0.1) is 0 Å². The Morgan fingerprint density at radius 2 is 1.54 bits per heavy atom. The van der Waals surface area contributed by atoms with Gasteiger partial charge in [0, 0.05) is 23.6 Å². The Morgan fingerprint density at radius 3 is 2.17 bits per heavy atom. The second-order valence-electron chi connectivity index (χ2n) is 5.62. The molecular weight excluding hydrogens is 296 g/mol. The summed E-state index contributed by atoms with van der Waals surface area (Å²) in [5.41, 5.74) is 3.55. The molecule has 0 unspecified atom stereocenters. The van der Waals surface area contributed by atoms with Gasteiger partial charge in [-0.15, -0.1) is 0 Å². The van der Waals surface area contributed by atoms with Crippen molar-refractivity contribution in [3.05, 3.63) is 78.2 Å². The minimum Gasteiger partial charge on any atom is -0.512 e. The Hall–Kier alpha value is -2.94. The molecule has 0 atom stereocenters. The quantitative estimate of drug-likeness (QED) is 0.631. The Balaban J connectivity index is 2.11. The number of nitrogens with zero attached hydrogens (tertiary/aromatic N) is 2. The van der Waals surface area contributed by atoms with Crippen LogP contribution in [0.5, 0.6) is 0 Å². The molecule has 0 saturated heterocycles. The van der Waals surface area contributed by atoms with Crippen LogP contribution in [0.1, 0.15) is 25.5 Å². The number of allylic oxidation sites excluding steroid dienone is 1. The van der Waals surface area contributed by atoms with Crippen molar-refractivity contribution in [1.29, 1.82) is 0 Å². The molecule has 3 aromatic rings. The van der Waals surface area contributed by atoms with Gasteiger partial charge in [0.05, 0.1) is 17.1 Å². The summed E-state index contributed by atoms with van der Waals surface area (Å²) >= 11 is 0. The maximum Gasteiger partial charge on any atom is 0.160 e. The molecule has 0 spiro atoms. The van der Waals surface area contributed by atoms with Crippen molar-refractivity contribution in [2.45, 2.75) is 19.8 Å². The van der Waals surface area contributed by atoms with E-state index < -0.39 is 0 Å². The summed E-state index contributed by atoms with van der Waals surface area (Å²) in [6.45, 7) is 2.04. The van der Waals surface area contributed by atoms with E-state index in [1.807, 2.05) is 73.7 Å². The summed E-state index contributed by atoms with van der Waals surface area (Å²) in [7, 11) is 0. The molecule has 3 heteroatoms. The van der Waals surface area contributed by atoms with Gasteiger partial charge in [-0.3, -0.25) is 0 Å². The first kappa shape index (κ1) is 15.9. The molecule has 0 aliphatic carbocycles. The van der Waals surface area contributed by atoms with E-state index in [0.29, 0.717) is 23.7 Å². The van der Waals surface area contributed by atoms with E-state index in [2.05, 4.69) is 4.98 Å². The smallest absolute Gasteiger partial charge is 0.160 e. The van der Waals surface area contributed by atoms with Gasteiger partial charge in [0.1, 0.15) is 0 Å². The number of aliphatic hydroxyl groups is 1. The molecule has 0 aliphatic heterocycles. The molecule has 1 N–H and O–H groups in total. The average molecular weight is 316 g/mol. The van der Waals surface area contributed by atoms with Crippen molar-refractivity contribution in [2.24, 2.45) is 0 Å². The second-order valence-corrected chi connectivity index (χ2v) is 5.62. The van der Waals surface area contributed by atoms with E-state index in [9.17, 15) is 5.11 Å². The highest BCUT2D eigenvalue weighted by Crippen LogP contribution is 2.23. The summed E-state index contributed by atoms with van der Waals surface area (Å²) in [6.07, 6.45) is 3.26. The van der Waals surface area contributed by atoms with Crippen LogP contribution in [0.15, 0.2) is 72.5 Å². The third-order valence-electron chi connectivity index (χ3n) is 3.67. The number of hydrogen-bond donors (Lipinski definition) is 1. The lowest BCUT2D eigenvalue weighted by Gasteiger charge is -2.07. The van der Waals surface area contributed by atoms with Gasteiger partial charge in [0.25, 0.3) is 0 Å². The van der Waals surface area contributed by atoms with Crippen LogP contribution >= 0.6 is 0 Å². The predicted molar refractivity (Wildman–Crippen MR) is 98.4 cm³/mol. The van der Waals surface area contributed by atoms with Gasteiger partial charge in [-0.2, -0.15) is 0 Å². The maximum absolute atomic E-state index is 10.0. The third-order valence-corrected chi connectivity index (χ3v) is 3.67. The lowest BCUT2D eigenvalue weighted by atomic mass is 10.1. The summed E-state index contributed by atoms with van der Waals surface area (Å²) in [5, 5.41) is 10.0. The molecule has 0 fully saturated rings. The lowest BCUT2D eigenvalue weighted by Crippen LogP contribution is -1.96. The number of rotatable bonds is 5. The largest absolute Gasteiger partial charge is 0.512 e. The van der Waals surface area contributed by atoms with Crippen molar-refractivity contribution in [2.75, 3.05) is 0 Å². The van der Waals surface area contributed by atoms with Gasteiger partial charge in [-0.1, -0.05) is 67.6 Å². The van der Waals surface area contributed by atoms with E-state index in [0.717, 1.165) is 23.2 Å². The molecule has 2 aromatic carbocycles. The molecule has 0 bridgehead atoms. The zero-order valence-corrected chi connectivity index (χ0v) is 13.7. The fourth-order valence-electron chi connectivity index (χ4n) is 2.51. The van der Waals surface area contributed by atoms with Crippen LogP contribution in [0.2, 0.25) is 0 Å². The molecule has 120 valence electrons. The molecule has 3 rings (SSSR count). The topological polar surface area (TPSA) is 46.0 Å². The van der Waals surface area contributed by atoms with Crippen LogP contribution in [0.4, 0.5) is 0 Å². The lowest BCUT2D eigenvalue weighted by molar-refractivity contribution is 0.392. The second kappa shape index (κ2) is 7.55. The summed E-state index contributed by atoms with van der Waals surface area (Å²) in [5.74, 6) is 1.00. The molecule has 1 heterocycles. The van der Waals surface area contributed by atoms with Gasteiger partial charge in [-0.25, -0.2) is 9.97 Å². The van der Waals surface area contributed by atoms with Crippen molar-refractivity contribution in [3.63, 3.8) is 0 Å². The van der Waals surface area contributed by atoms with E-state index in [-0.39, 0.29) is 0 Å². The molecule has 0 saturated carbocycles. The molecule has 24 heavy (non-hydrogen) atoms. The van der Waals surface area contributed by atoms with Crippen molar-refractivity contribution in [1.82, 2.24) is 9.97 Å². The van der Waals surface area contributed by atoms with Gasteiger partial charge in [-0.05, 0) is 12.5 Å². The van der Waals surface area contributed by atoms with E-state index in [4.69, 9.17) is 4.98 Å². The number of aromatic nitrogens is 2. The maximum atomic E-state index is 10.0. The highest BCUT2D eigenvalue weighted by molar-refractivity contribution is 5.67. The molecule has 0 aliphatic rings. The average Bonchev–Trinajstić information content (AvgIpc) is 2.63. The van der Waals surface area contributed by atoms with Gasteiger partial charge in [0.2, 0.25) is 0 Å². The minimum absolute atomic E-state index is 0.342. The molecule has 1 aromatic heterocycles. The normalized spacial score (nSPS) is 11.5. The van der Waals surface area contributed by atoms with Crippen LogP contribution in [-0.4, -0.2) is 15.1 Å². The minimum atomic E-state index is 0.342. The third kappa shape index (κ3) is 3.87. The molecular formula is C21H20N2O. The van der Waals surface area contributed by atoms with Crippen LogP contribution in [0.3, 0.4) is 0 Å². The van der Waals surface area contributed by atoms with Crippen molar-refractivity contribution in [3.8, 4) is 22.6 Å². The van der Waals surface area contributed by atoms with E-state index >= 15 is 0 Å². The Labute approximate surface area is 142 Å².